The lowest BCUT2D eigenvalue weighted by atomic mass is 9.94. The first kappa shape index (κ1) is 24.0. The number of methoxy groups -OCH3 is 1. The average molecular weight is 490 g/mol. The highest BCUT2D eigenvalue weighted by molar-refractivity contribution is 5.79. The SMILES string of the molecule is COc1cc(N(C)CCN(C)C)c(N)cc1Nc1ncc(O)c(C2CN3CCCc4cccc2c43)n1. The summed E-state index contributed by atoms with van der Waals surface area (Å²) in [4.78, 5) is 15.8. The van der Waals surface area contributed by atoms with Gasteiger partial charge in [0.05, 0.1) is 36.1 Å². The summed E-state index contributed by atoms with van der Waals surface area (Å²) in [6, 6.07) is 10.2. The van der Waals surface area contributed by atoms with E-state index >= 15 is 0 Å². The topological polar surface area (TPSA) is 103 Å². The van der Waals surface area contributed by atoms with E-state index in [1.54, 1.807) is 7.11 Å². The number of nitrogens with two attached hydrogens (primary N) is 1. The fourth-order valence-corrected chi connectivity index (χ4v) is 5.27. The van der Waals surface area contributed by atoms with Crippen LogP contribution in [0.1, 0.15) is 29.2 Å². The molecule has 0 spiro atoms. The van der Waals surface area contributed by atoms with Gasteiger partial charge in [-0.15, -0.1) is 0 Å². The number of hydrogen-bond donors (Lipinski definition) is 3. The van der Waals surface area contributed by atoms with E-state index < -0.39 is 0 Å². The Kier molecular flexibility index (Phi) is 6.49. The molecule has 1 atom stereocenters. The van der Waals surface area contributed by atoms with Gasteiger partial charge in [0.25, 0.3) is 0 Å². The average Bonchev–Trinajstić information content (AvgIpc) is 3.24. The molecule has 0 bridgehead atoms. The van der Waals surface area contributed by atoms with Crippen molar-refractivity contribution in [3.05, 3.63) is 53.3 Å². The number of rotatable bonds is 8. The minimum absolute atomic E-state index is 0.0127. The number of aromatic hydroxyl groups is 1. The molecule has 5 rings (SSSR count). The molecule has 0 amide bonds. The van der Waals surface area contributed by atoms with Crippen molar-refractivity contribution in [1.82, 2.24) is 14.9 Å². The van der Waals surface area contributed by atoms with Gasteiger partial charge in [-0.2, -0.15) is 0 Å². The second-order valence-electron chi connectivity index (χ2n) is 9.88. The summed E-state index contributed by atoms with van der Waals surface area (Å²) in [6.45, 7) is 3.58. The zero-order valence-electron chi connectivity index (χ0n) is 21.5. The zero-order chi connectivity index (χ0) is 25.4. The van der Waals surface area contributed by atoms with Gasteiger partial charge < -0.3 is 35.6 Å². The molecular formula is C27H35N7O2. The summed E-state index contributed by atoms with van der Waals surface area (Å²) < 4.78 is 5.67. The predicted molar refractivity (Wildman–Crippen MR) is 145 cm³/mol. The van der Waals surface area contributed by atoms with Crippen LogP contribution in [0.4, 0.5) is 28.7 Å². The molecule has 2 aliphatic heterocycles. The van der Waals surface area contributed by atoms with Crippen molar-refractivity contribution in [1.29, 1.82) is 0 Å². The molecule has 0 aliphatic carbocycles. The van der Waals surface area contributed by atoms with Crippen molar-refractivity contribution in [3.63, 3.8) is 0 Å². The molecule has 0 radical (unpaired) electrons. The fraction of sp³-hybridized carbons (Fsp3) is 0.407. The number of nitrogens with zero attached hydrogens (tertiary/aromatic N) is 5. The molecular weight excluding hydrogens is 454 g/mol. The molecule has 2 aliphatic rings. The van der Waals surface area contributed by atoms with E-state index in [-0.39, 0.29) is 11.7 Å². The van der Waals surface area contributed by atoms with Crippen molar-refractivity contribution < 1.29 is 9.84 Å². The van der Waals surface area contributed by atoms with Gasteiger partial charge in [-0.05, 0) is 44.1 Å². The largest absolute Gasteiger partial charge is 0.504 e. The molecule has 0 fully saturated rings. The Hall–Kier alpha value is -3.72. The van der Waals surface area contributed by atoms with E-state index in [2.05, 4.69) is 43.2 Å². The van der Waals surface area contributed by atoms with Crippen LogP contribution in [0.5, 0.6) is 11.5 Å². The third-order valence-electron chi connectivity index (χ3n) is 7.14. The predicted octanol–water partition coefficient (Wildman–Crippen LogP) is 3.41. The Morgan fingerprint density at radius 2 is 2.06 bits per heavy atom. The van der Waals surface area contributed by atoms with Crippen LogP contribution < -0.4 is 25.6 Å². The van der Waals surface area contributed by atoms with E-state index in [0.29, 0.717) is 28.8 Å². The Morgan fingerprint density at radius 1 is 1.22 bits per heavy atom. The second-order valence-corrected chi connectivity index (χ2v) is 9.88. The first-order chi connectivity index (χ1) is 17.4. The fourth-order valence-electron chi connectivity index (χ4n) is 5.27. The lowest BCUT2D eigenvalue weighted by Gasteiger charge is -2.26. The molecule has 2 aromatic carbocycles. The number of nitrogens with one attached hydrogen (secondary N) is 1. The van der Waals surface area contributed by atoms with Crippen molar-refractivity contribution in [3.8, 4) is 11.5 Å². The van der Waals surface area contributed by atoms with Gasteiger partial charge in [-0.25, -0.2) is 9.97 Å². The number of hydrogen-bond acceptors (Lipinski definition) is 9. The number of nitrogen functional groups attached to an aromatic ring is 1. The number of aryl methyl sites for hydroxylation is 1. The number of likely N-dealkylation sites (N-methyl/N-ethyl adjacent to an activating group) is 2. The molecule has 9 nitrogen and oxygen atoms in total. The number of aromatic nitrogens is 2. The molecule has 4 N–H and O–H groups in total. The van der Waals surface area contributed by atoms with Crippen molar-refractivity contribution in [2.75, 3.05) is 75.3 Å². The van der Waals surface area contributed by atoms with E-state index in [4.69, 9.17) is 15.5 Å². The first-order valence-corrected chi connectivity index (χ1v) is 12.4. The summed E-state index contributed by atoms with van der Waals surface area (Å²) in [5.41, 5.74) is 13.2. The van der Waals surface area contributed by atoms with Crippen LogP contribution in [0.15, 0.2) is 36.5 Å². The minimum Gasteiger partial charge on any atom is -0.504 e. The van der Waals surface area contributed by atoms with E-state index in [9.17, 15) is 5.11 Å². The summed E-state index contributed by atoms with van der Waals surface area (Å²) >= 11 is 0. The monoisotopic (exact) mass is 489 g/mol. The maximum Gasteiger partial charge on any atom is 0.227 e. The van der Waals surface area contributed by atoms with E-state index in [0.717, 1.165) is 44.7 Å². The summed E-state index contributed by atoms with van der Waals surface area (Å²) in [5, 5.41) is 14.0. The first-order valence-electron chi connectivity index (χ1n) is 12.4. The van der Waals surface area contributed by atoms with Gasteiger partial charge in [-0.1, -0.05) is 18.2 Å². The second kappa shape index (κ2) is 9.73. The van der Waals surface area contributed by atoms with Gasteiger partial charge in [-0.3, -0.25) is 0 Å². The van der Waals surface area contributed by atoms with Crippen molar-refractivity contribution >= 4 is 28.7 Å². The molecule has 1 unspecified atom stereocenters. The van der Waals surface area contributed by atoms with Gasteiger partial charge >= 0.3 is 0 Å². The van der Waals surface area contributed by atoms with E-state index in [1.807, 2.05) is 33.3 Å². The van der Waals surface area contributed by atoms with Crippen molar-refractivity contribution in [2.45, 2.75) is 18.8 Å². The summed E-state index contributed by atoms with van der Waals surface area (Å²) in [6.07, 6.45) is 3.71. The van der Waals surface area contributed by atoms with Crippen LogP contribution in [0, 0.1) is 0 Å². The third-order valence-corrected chi connectivity index (χ3v) is 7.14. The molecule has 190 valence electrons. The van der Waals surface area contributed by atoms with Crippen LogP contribution in [-0.2, 0) is 6.42 Å². The molecule has 3 aromatic rings. The van der Waals surface area contributed by atoms with Crippen LogP contribution in [0.2, 0.25) is 0 Å². The van der Waals surface area contributed by atoms with E-state index in [1.165, 1.54) is 23.0 Å². The standard InChI is InChI=1S/C27H35N7O2/c1-32(2)11-12-33(3)22-14-24(36-4)21(13-20(22)28)30-27-29-15-23(35)25(31-27)19-16-34-10-6-8-17-7-5-9-18(19)26(17)34/h5,7,9,13-15,19,35H,6,8,10-12,16,28H2,1-4H3,(H,29,30,31). The Balaban J connectivity index is 1.43. The highest BCUT2D eigenvalue weighted by Crippen LogP contribution is 2.46. The quantitative estimate of drug-likeness (QED) is 0.411. The Bertz CT molecular complexity index is 1260. The van der Waals surface area contributed by atoms with Gasteiger partial charge in [0.2, 0.25) is 5.95 Å². The highest BCUT2D eigenvalue weighted by atomic mass is 16.5. The third kappa shape index (κ3) is 4.46. The number of benzene rings is 2. The van der Waals surface area contributed by atoms with Crippen LogP contribution in [0.25, 0.3) is 0 Å². The van der Waals surface area contributed by atoms with Crippen molar-refractivity contribution in [2.24, 2.45) is 0 Å². The summed E-state index contributed by atoms with van der Waals surface area (Å²) in [5.74, 6) is 1.12. The molecule has 0 saturated heterocycles. The maximum absolute atomic E-state index is 10.7. The number of para-hydroxylation sites is 1. The molecule has 3 heterocycles. The lowest BCUT2D eigenvalue weighted by molar-refractivity contribution is 0.413. The lowest BCUT2D eigenvalue weighted by Crippen LogP contribution is -2.29. The van der Waals surface area contributed by atoms with Crippen LogP contribution in [0.3, 0.4) is 0 Å². The highest BCUT2D eigenvalue weighted by Gasteiger charge is 2.35. The van der Waals surface area contributed by atoms with Gasteiger partial charge in [0.1, 0.15) is 5.75 Å². The molecule has 9 heteroatoms. The molecule has 0 saturated carbocycles. The summed E-state index contributed by atoms with van der Waals surface area (Å²) in [7, 11) is 7.74. The molecule has 1 aromatic heterocycles. The minimum atomic E-state index is -0.0127. The maximum atomic E-state index is 10.7. The molecule has 36 heavy (non-hydrogen) atoms. The Morgan fingerprint density at radius 3 is 2.83 bits per heavy atom. The zero-order valence-corrected chi connectivity index (χ0v) is 21.5. The smallest absolute Gasteiger partial charge is 0.227 e. The van der Waals surface area contributed by atoms with Crippen LogP contribution in [-0.4, -0.2) is 74.4 Å². The normalized spacial score (nSPS) is 16.2. The Labute approximate surface area is 212 Å². The van der Waals surface area contributed by atoms with Crippen LogP contribution >= 0.6 is 0 Å². The number of ether oxygens (including phenoxy) is 1. The number of anilines is 5. The van der Waals surface area contributed by atoms with Gasteiger partial charge in [0, 0.05) is 50.9 Å². The van der Waals surface area contributed by atoms with Gasteiger partial charge in [0.15, 0.2) is 5.75 Å².